The lowest BCUT2D eigenvalue weighted by Gasteiger charge is -1.99. The molecule has 0 aliphatic carbocycles. The number of Topliss-reactive ketones (excluding diaryl/α,β-unsaturated/α-hetero) is 2. The van der Waals surface area contributed by atoms with Gasteiger partial charge in [0, 0.05) is 0 Å². The lowest BCUT2D eigenvalue weighted by molar-refractivity contribution is -0.746. The van der Waals surface area contributed by atoms with Crippen molar-refractivity contribution in [3.8, 4) is 0 Å². The summed E-state index contributed by atoms with van der Waals surface area (Å²) in [5.74, 6) is -0.437. The highest BCUT2D eigenvalue weighted by atomic mass is 16.2. The maximum atomic E-state index is 11.2. The molecular weight excluding hydrogens is 212 g/mol. The van der Waals surface area contributed by atoms with Crippen LogP contribution in [0.2, 0.25) is 0 Å². The molecule has 0 spiro atoms. The molecule has 0 saturated heterocycles. The summed E-state index contributed by atoms with van der Waals surface area (Å²) in [4.78, 5) is 23.4. The van der Waals surface area contributed by atoms with Gasteiger partial charge in [-0.1, -0.05) is 0 Å². The van der Waals surface area contributed by atoms with Gasteiger partial charge in [0.25, 0.3) is 0 Å². The maximum absolute atomic E-state index is 11.2. The molecule has 0 fully saturated rings. The average molecular weight is 224 g/mol. The second-order valence-corrected chi connectivity index (χ2v) is 3.35. The van der Waals surface area contributed by atoms with Crippen LogP contribution < -0.4 is 9.79 Å². The number of rotatable bonds is 4. The van der Waals surface area contributed by atoms with Gasteiger partial charge in [0.15, 0.2) is 18.1 Å². The van der Waals surface area contributed by atoms with E-state index in [0.29, 0.717) is 6.26 Å². The minimum absolute atomic E-state index is 0.0200. The summed E-state index contributed by atoms with van der Waals surface area (Å²) >= 11 is 0. The molecule has 0 N–H and O–H groups in total. The Kier molecular flexibility index (Phi) is 3.49. The number of nitrogens with zero attached hydrogens (tertiary/aromatic N) is 4. The van der Waals surface area contributed by atoms with Gasteiger partial charge in [0.1, 0.15) is 7.05 Å². The molecule has 0 unspecified atom stereocenters. The Balaban J connectivity index is 3.21. The summed E-state index contributed by atoms with van der Waals surface area (Å²) in [5, 5.41) is 18.5. The van der Waals surface area contributed by atoms with Crippen molar-refractivity contribution in [2.24, 2.45) is 7.05 Å². The van der Waals surface area contributed by atoms with Crippen LogP contribution in [0.3, 0.4) is 0 Å². The monoisotopic (exact) mass is 224 g/mol. The second kappa shape index (κ2) is 4.65. The summed E-state index contributed by atoms with van der Waals surface area (Å²) in [6, 6.07) is 0. The molecule has 1 rings (SSSR count). The summed E-state index contributed by atoms with van der Waals surface area (Å²) in [5.41, 5.74) is -0.0886. The van der Waals surface area contributed by atoms with Crippen LogP contribution in [-0.2, 0) is 23.2 Å². The average Bonchev–Trinajstić information content (AvgIpc) is 2.46. The Bertz CT molecular complexity index is 461. The van der Waals surface area contributed by atoms with Crippen molar-refractivity contribution in [2.75, 3.05) is 0 Å². The van der Waals surface area contributed by atoms with Crippen molar-refractivity contribution in [1.82, 2.24) is 15.1 Å². The SMILES string of the molecule is CC(=O)C[n+]1nn(C)nc1/C(=C/[O-])C(C)=O. The minimum Gasteiger partial charge on any atom is -0.877 e. The van der Waals surface area contributed by atoms with E-state index in [1.54, 1.807) is 7.05 Å². The van der Waals surface area contributed by atoms with E-state index < -0.39 is 5.78 Å². The van der Waals surface area contributed by atoms with Crippen molar-refractivity contribution in [1.29, 1.82) is 0 Å². The van der Waals surface area contributed by atoms with Crippen molar-refractivity contribution in [3.63, 3.8) is 0 Å². The van der Waals surface area contributed by atoms with Gasteiger partial charge in [0.05, 0.1) is 15.9 Å². The Morgan fingerprint density at radius 1 is 1.50 bits per heavy atom. The Labute approximate surface area is 92.0 Å². The molecule has 0 aliphatic heterocycles. The number of tetrazole rings is 1. The fraction of sp³-hybridized carbons (Fsp3) is 0.444. The van der Waals surface area contributed by atoms with Gasteiger partial charge >= 0.3 is 5.82 Å². The lowest BCUT2D eigenvalue weighted by atomic mass is 10.2. The number of hydrogen-bond acceptors (Lipinski definition) is 5. The second-order valence-electron chi connectivity index (χ2n) is 3.35. The third-order valence-electron chi connectivity index (χ3n) is 1.83. The topological polar surface area (TPSA) is 91.8 Å². The molecule has 0 amide bonds. The molecule has 1 aromatic rings. The third kappa shape index (κ3) is 2.50. The summed E-state index contributed by atoms with van der Waals surface area (Å²) < 4.78 is 1.23. The van der Waals surface area contributed by atoms with Gasteiger partial charge in [-0.15, -0.1) is 10.9 Å². The van der Waals surface area contributed by atoms with Crippen molar-refractivity contribution in [2.45, 2.75) is 20.4 Å². The van der Waals surface area contributed by atoms with Gasteiger partial charge in [-0.3, -0.25) is 9.59 Å². The number of hydrogen-bond donors (Lipinski definition) is 0. The van der Waals surface area contributed by atoms with E-state index in [4.69, 9.17) is 0 Å². The number of carbonyl (C=O) groups excluding carboxylic acids is 2. The zero-order valence-corrected chi connectivity index (χ0v) is 9.30. The zero-order valence-electron chi connectivity index (χ0n) is 9.30. The van der Waals surface area contributed by atoms with Crippen molar-refractivity contribution >= 4 is 17.1 Å². The van der Waals surface area contributed by atoms with Crippen molar-refractivity contribution in [3.05, 3.63) is 12.1 Å². The van der Waals surface area contributed by atoms with E-state index in [1.807, 2.05) is 0 Å². The number of aromatic nitrogens is 4. The molecule has 0 radical (unpaired) electrons. The first-order valence-corrected chi connectivity index (χ1v) is 4.60. The molecule has 1 aromatic heterocycles. The van der Waals surface area contributed by atoms with E-state index >= 15 is 0 Å². The number of aryl methyl sites for hydroxylation is 1. The van der Waals surface area contributed by atoms with Gasteiger partial charge in [-0.2, -0.15) is 0 Å². The number of allylic oxidation sites excluding steroid dienone is 1. The third-order valence-corrected chi connectivity index (χ3v) is 1.83. The number of carbonyl (C=O) groups is 2. The molecule has 0 aliphatic rings. The molecule has 86 valence electrons. The van der Waals surface area contributed by atoms with E-state index in [9.17, 15) is 14.7 Å². The molecular formula is C9H12N4O3. The van der Waals surface area contributed by atoms with Crippen molar-refractivity contribution < 1.29 is 19.4 Å². The van der Waals surface area contributed by atoms with Crippen LogP contribution in [0.25, 0.3) is 5.57 Å². The van der Waals surface area contributed by atoms with Crippen LogP contribution in [0.5, 0.6) is 0 Å². The van der Waals surface area contributed by atoms with E-state index in [-0.39, 0.29) is 23.7 Å². The van der Waals surface area contributed by atoms with E-state index in [2.05, 4.69) is 10.3 Å². The minimum atomic E-state index is -0.409. The van der Waals surface area contributed by atoms with Gasteiger partial charge < -0.3 is 5.11 Å². The van der Waals surface area contributed by atoms with Gasteiger partial charge in [-0.25, -0.2) is 0 Å². The molecule has 0 saturated carbocycles. The Hall–Kier alpha value is -2.05. The lowest BCUT2D eigenvalue weighted by Crippen LogP contribution is -2.43. The fourth-order valence-corrected chi connectivity index (χ4v) is 1.21. The largest absolute Gasteiger partial charge is 0.877 e. The smallest absolute Gasteiger partial charge is 0.332 e. The first-order chi connectivity index (χ1) is 7.45. The Morgan fingerprint density at radius 3 is 2.56 bits per heavy atom. The summed E-state index contributed by atoms with van der Waals surface area (Å²) in [6.07, 6.45) is 0.420. The standard InChI is InChI=1S/C9H12N4O3/c1-6(15)4-13-9(10-12(3)11-13)8(5-14)7(2)16/h5H,4H2,1-3H3. The quantitative estimate of drug-likeness (QED) is 0.334. The van der Waals surface area contributed by atoms with Crippen LogP contribution >= 0.6 is 0 Å². The molecule has 7 nitrogen and oxygen atoms in total. The van der Waals surface area contributed by atoms with Crippen LogP contribution in [0, 0.1) is 0 Å². The van der Waals surface area contributed by atoms with Gasteiger partial charge in [0.2, 0.25) is 0 Å². The first-order valence-electron chi connectivity index (χ1n) is 4.60. The molecule has 16 heavy (non-hydrogen) atoms. The van der Waals surface area contributed by atoms with E-state index in [1.165, 1.54) is 23.3 Å². The van der Waals surface area contributed by atoms with E-state index in [0.717, 1.165) is 0 Å². The van der Waals surface area contributed by atoms with Crippen LogP contribution in [0.15, 0.2) is 6.26 Å². The van der Waals surface area contributed by atoms with Crippen LogP contribution in [0.1, 0.15) is 19.7 Å². The highest BCUT2D eigenvalue weighted by Gasteiger charge is 2.23. The predicted octanol–water partition coefficient (Wildman–Crippen LogP) is -2.02. The van der Waals surface area contributed by atoms with Crippen LogP contribution in [0.4, 0.5) is 0 Å². The normalized spacial score (nSPS) is 11.6. The summed E-state index contributed by atoms with van der Waals surface area (Å²) in [6.45, 7) is 2.63. The fourth-order valence-electron chi connectivity index (χ4n) is 1.21. The molecule has 1 heterocycles. The van der Waals surface area contributed by atoms with Crippen LogP contribution in [-0.4, -0.2) is 26.7 Å². The maximum Gasteiger partial charge on any atom is 0.332 e. The summed E-state index contributed by atoms with van der Waals surface area (Å²) in [7, 11) is 1.54. The molecule has 0 bridgehead atoms. The predicted molar refractivity (Wildman–Crippen MR) is 50.5 cm³/mol. The molecule has 0 atom stereocenters. The highest BCUT2D eigenvalue weighted by Crippen LogP contribution is 2.05. The van der Waals surface area contributed by atoms with Gasteiger partial charge in [-0.05, 0) is 18.6 Å². The zero-order chi connectivity index (χ0) is 12.3. The molecule has 0 aromatic carbocycles. The Morgan fingerprint density at radius 2 is 2.12 bits per heavy atom. The number of ketones is 2. The highest BCUT2D eigenvalue weighted by molar-refractivity contribution is 6.17. The first kappa shape index (κ1) is 12.0. The molecule has 7 heteroatoms.